The summed E-state index contributed by atoms with van der Waals surface area (Å²) < 4.78 is 26.5. The van der Waals surface area contributed by atoms with Crippen LogP contribution in [0.3, 0.4) is 0 Å². The Morgan fingerprint density at radius 2 is 1.37 bits per heavy atom. The molecule has 0 aromatic carbocycles. The number of ether oxygens (including phenoxy) is 4. The van der Waals surface area contributed by atoms with Crippen LogP contribution in [-0.4, -0.2) is 44.2 Å². The third kappa shape index (κ3) is 3.66. The largest absolute Gasteiger partial charge is 0.464 e. The maximum absolute atomic E-state index is 13.9. The van der Waals surface area contributed by atoms with E-state index in [0.717, 1.165) is 80.5 Å². The molecule has 6 nitrogen and oxygen atoms in total. The molecular weight excluding hydrogens is 540 g/mol. The zero-order chi connectivity index (χ0) is 28.8. The van der Waals surface area contributed by atoms with Crippen molar-refractivity contribution in [3.8, 4) is 0 Å². The topological polar surface area (TPSA) is 71.1 Å². The zero-order valence-corrected chi connectivity index (χ0v) is 26.3. The fourth-order valence-electron chi connectivity index (χ4n) is 14.3. The maximum atomic E-state index is 13.9. The average molecular weight is 593 g/mol. The molecule has 10 aliphatic carbocycles. The maximum Gasteiger partial charge on any atom is 0.312 e. The van der Waals surface area contributed by atoms with Gasteiger partial charge in [0.1, 0.15) is 13.2 Å². The highest BCUT2D eigenvalue weighted by molar-refractivity contribution is 5.78. The molecule has 43 heavy (non-hydrogen) atoms. The summed E-state index contributed by atoms with van der Waals surface area (Å²) in [6.45, 7) is 3.83. The lowest BCUT2D eigenvalue weighted by atomic mass is 9.58. The van der Waals surface area contributed by atoms with Crippen LogP contribution >= 0.6 is 0 Å². The average Bonchev–Trinajstić information content (AvgIpc) is 3.56. The first-order chi connectivity index (χ1) is 20.7. The van der Waals surface area contributed by atoms with Gasteiger partial charge in [0, 0.05) is 11.8 Å². The first-order valence-electron chi connectivity index (χ1n) is 18.3. The molecule has 0 N–H and O–H groups in total. The van der Waals surface area contributed by atoms with Crippen LogP contribution in [0.25, 0.3) is 0 Å². The quantitative estimate of drug-likeness (QED) is 0.320. The van der Waals surface area contributed by atoms with E-state index in [4.69, 9.17) is 18.9 Å². The third-order valence-electron chi connectivity index (χ3n) is 16.1. The predicted octanol–water partition coefficient (Wildman–Crippen LogP) is 6.69. The second-order valence-electron chi connectivity index (χ2n) is 18.7. The van der Waals surface area contributed by atoms with E-state index in [9.17, 15) is 9.59 Å². The van der Waals surface area contributed by atoms with Crippen LogP contribution in [0.2, 0.25) is 0 Å². The number of hydrogen-bond donors (Lipinski definition) is 0. The van der Waals surface area contributed by atoms with Crippen LogP contribution in [0.4, 0.5) is 0 Å². The van der Waals surface area contributed by atoms with E-state index in [2.05, 4.69) is 6.92 Å². The Hall–Kier alpha value is -1.14. The lowest BCUT2D eigenvalue weighted by Crippen LogP contribution is -2.68. The molecule has 236 valence electrons. The van der Waals surface area contributed by atoms with E-state index in [1.807, 2.05) is 0 Å². The summed E-state index contributed by atoms with van der Waals surface area (Å²) in [5.41, 5.74) is -0.778. The van der Waals surface area contributed by atoms with E-state index < -0.39 is 11.2 Å². The number of rotatable bonds is 6. The summed E-state index contributed by atoms with van der Waals surface area (Å²) in [5.74, 6) is 5.64. The normalized spacial score (nSPS) is 58.0. The molecule has 1 aliphatic heterocycles. The molecule has 11 rings (SSSR count). The summed E-state index contributed by atoms with van der Waals surface area (Å²) in [7, 11) is 0. The summed E-state index contributed by atoms with van der Waals surface area (Å²) in [6, 6.07) is 0. The highest BCUT2D eigenvalue weighted by Gasteiger charge is 2.71. The summed E-state index contributed by atoms with van der Waals surface area (Å²) >= 11 is 0. The van der Waals surface area contributed by atoms with E-state index >= 15 is 0 Å². The molecule has 0 aromatic rings. The van der Waals surface area contributed by atoms with Crippen molar-refractivity contribution in [2.24, 2.45) is 74.9 Å². The number of esters is 2. The van der Waals surface area contributed by atoms with Gasteiger partial charge in [-0.05, 0) is 130 Å². The summed E-state index contributed by atoms with van der Waals surface area (Å²) in [4.78, 5) is 27.7. The van der Waals surface area contributed by atoms with Crippen molar-refractivity contribution in [2.75, 3.05) is 26.4 Å². The molecule has 0 radical (unpaired) electrons. The fourth-order valence-corrected chi connectivity index (χ4v) is 14.3. The van der Waals surface area contributed by atoms with Crippen LogP contribution in [-0.2, 0) is 28.5 Å². The lowest BCUT2D eigenvalue weighted by molar-refractivity contribution is -0.408. The Morgan fingerprint density at radius 3 is 2.12 bits per heavy atom. The molecule has 11 fully saturated rings. The van der Waals surface area contributed by atoms with Gasteiger partial charge >= 0.3 is 11.9 Å². The molecule has 1 saturated heterocycles. The molecule has 10 atom stereocenters. The van der Waals surface area contributed by atoms with Crippen molar-refractivity contribution < 1.29 is 28.5 Å². The molecule has 0 aromatic heterocycles. The first kappa shape index (κ1) is 27.0. The Bertz CT molecular complexity index is 1190. The summed E-state index contributed by atoms with van der Waals surface area (Å²) in [5, 5.41) is 0. The second-order valence-corrected chi connectivity index (χ2v) is 18.7. The number of carbonyl (C=O) groups excluding carboxylic acids is 2. The molecule has 1 spiro atoms. The minimum Gasteiger partial charge on any atom is -0.464 e. The van der Waals surface area contributed by atoms with Crippen molar-refractivity contribution in [3.05, 3.63) is 0 Å². The minimum atomic E-state index is -0.633. The van der Waals surface area contributed by atoms with Gasteiger partial charge in [0.15, 0.2) is 5.79 Å². The molecule has 11 aliphatic rings. The lowest BCUT2D eigenvalue weighted by Gasteiger charge is -2.61. The van der Waals surface area contributed by atoms with Crippen LogP contribution in [0.15, 0.2) is 0 Å². The highest BCUT2D eigenvalue weighted by Crippen LogP contribution is 2.70. The van der Waals surface area contributed by atoms with Crippen LogP contribution in [0, 0.1) is 74.9 Å². The van der Waals surface area contributed by atoms with E-state index in [0.29, 0.717) is 36.4 Å². The third-order valence-corrected chi connectivity index (χ3v) is 16.1. The van der Waals surface area contributed by atoms with E-state index in [-0.39, 0.29) is 36.0 Å². The Labute approximate surface area is 257 Å². The number of carbonyl (C=O) groups is 2. The molecule has 6 heteroatoms. The first-order valence-corrected chi connectivity index (χ1v) is 18.3. The SMILES string of the molecule is CC12CCCC3C(C1)C(C2)C31OCC(COC(=O)C23CC4CC(C2)C(C4)C3)(COC(=O)C23CCCC4CC(C2)C4C3)CO1. The zero-order valence-electron chi connectivity index (χ0n) is 26.3. The van der Waals surface area contributed by atoms with Crippen molar-refractivity contribution in [1.82, 2.24) is 0 Å². The fraction of sp³-hybridized carbons (Fsp3) is 0.946. The summed E-state index contributed by atoms with van der Waals surface area (Å²) in [6.07, 6.45) is 18.7. The van der Waals surface area contributed by atoms with Crippen LogP contribution in [0.1, 0.15) is 110 Å². The van der Waals surface area contributed by atoms with E-state index in [1.54, 1.807) is 0 Å². The van der Waals surface area contributed by atoms with Gasteiger partial charge in [-0.3, -0.25) is 9.59 Å². The van der Waals surface area contributed by atoms with Gasteiger partial charge in [0.25, 0.3) is 0 Å². The van der Waals surface area contributed by atoms with Crippen LogP contribution in [0.5, 0.6) is 0 Å². The predicted molar refractivity (Wildman–Crippen MR) is 157 cm³/mol. The smallest absolute Gasteiger partial charge is 0.312 e. The second kappa shape index (κ2) is 8.81. The Morgan fingerprint density at radius 1 is 0.674 bits per heavy atom. The van der Waals surface area contributed by atoms with Gasteiger partial charge in [0.2, 0.25) is 0 Å². The number of hydrogen-bond acceptors (Lipinski definition) is 6. The van der Waals surface area contributed by atoms with Gasteiger partial charge in [-0.1, -0.05) is 26.2 Å². The monoisotopic (exact) mass is 592 g/mol. The van der Waals surface area contributed by atoms with Gasteiger partial charge in [-0.25, -0.2) is 0 Å². The minimum absolute atomic E-state index is 0.000632. The Kier molecular flexibility index (Phi) is 5.53. The van der Waals surface area contributed by atoms with Gasteiger partial charge in [-0.2, -0.15) is 0 Å². The highest BCUT2D eigenvalue weighted by atomic mass is 16.7. The van der Waals surface area contributed by atoms with Crippen molar-refractivity contribution >= 4 is 11.9 Å². The molecular formula is C37H52O6. The van der Waals surface area contributed by atoms with Crippen molar-refractivity contribution in [1.29, 1.82) is 0 Å². The van der Waals surface area contributed by atoms with Crippen molar-refractivity contribution in [2.45, 2.75) is 115 Å². The van der Waals surface area contributed by atoms with E-state index in [1.165, 1.54) is 57.8 Å². The standard InChI is InChI=1S/C37H52O6/c1-33-6-3-5-29-28(15-33)30(17-33)37(29)42-20-34(21-43-37,19-41-32(39)36-11-22-8-24(12-36)25(9-22)13-36)18-40-31(38)35-7-2-4-23-10-26(14-35)27(23)16-35/h22-30H,2-21H2,1H3. The molecule has 10 unspecified atom stereocenters. The molecule has 0 amide bonds. The van der Waals surface area contributed by atoms with Gasteiger partial charge < -0.3 is 18.9 Å². The van der Waals surface area contributed by atoms with Crippen LogP contribution < -0.4 is 0 Å². The molecule has 8 bridgehead atoms. The Balaban J connectivity index is 0.871. The van der Waals surface area contributed by atoms with Gasteiger partial charge in [-0.15, -0.1) is 0 Å². The number of fused-ring (bicyclic) bond motifs is 4. The molecule has 1 heterocycles. The molecule has 10 saturated carbocycles. The van der Waals surface area contributed by atoms with Crippen molar-refractivity contribution in [3.63, 3.8) is 0 Å². The van der Waals surface area contributed by atoms with Gasteiger partial charge in [0.05, 0.1) is 29.5 Å².